The third-order valence-electron chi connectivity index (χ3n) is 3.33. The molecule has 3 N–H and O–H groups in total. The van der Waals surface area contributed by atoms with E-state index in [0.29, 0.717) is 17.0 Å². The lowest BCUT2D eigenvalue weighted by molar-refractivity contribution is 0.0934. The Morgan fingerprint density at radius 3 is 2.19 bits per heavy atom. The van der Waals surface area contributed by atoms with Gasteiger partial charge >= 0.3 is 0 Å². The predicted molar refractivity (Wildman–Crippen MR) is 123 cm³/mol. The minimum atomic E-state index is -1.83. The largest absolute Gasteiger partial charge is 0.497 e. The van der Waals surface area contributed by atoms with Crippen molar-refractivity contribution in [1.29, 1.82) is 0 Å². The van der Waals surface area contributed by atoms with Crippen LogP contribution < -0.4 is 20.7 Å². The molecule has 0 aromatic heterocycles. The van der Waals surface area contributed by atoms with Crippen molar-refractivity contribution in [3.8, 4) is 5.75 Å². The number of carbonyl (C=O) groups is 1. The molecule has 0 saturated carbocycles. The molecular weight excluding hydrogens is 544 g/mol. The number of benzene rings is 2. The highest BCUT2D eigenvalue weighted by molar-refractivity contribution is 14.1. The second-order valence-corrected chi connectivity index (χ2v) is 9.30. The van der Waals surface area contributed by atoms with Crippen LogP contribution in [0.1, 0.15) is 10.4 Å². The summed E-state index contributed by atoms with van der Waals surface area (Å²) in [5.41, 5.74) is 1.14. The maximum Gasteiger partial charge on any atom is 0.252 e. The summed E-state index contributed by atoms with van der Waals surface area (Å²) in [6, 6.07) is 14.1. The number of alkyl halides is 3. The molecule has 144 valence electrons. The van der Waals surface area contributed by atoms with Crippen molar-refractivity contribution in [2.24, 2.45) is 0 Å². The van der Waals surface area contributed by atoms with Crippen LogP contribution in [0.3, 0.4) is 0 Å². The highest BCUT2D eigenvalue weighted by Crippen LogP contribution is 2.29. The Bertz CT molecular complexity index is 799. The summed E-state index contributed by atoms with van der Waals surface area (Å²) in [4.78, 5) is 12.4. The van der Waals surface area contributed by atoms with Crippen LogP contribution in [0.4, 0.5) is 5.69 Å². The Kier molecular flexibility index (Phi) is 8.23. The highest BCUT2D eigenvalue weighted by Gasteiger charge is 2.34. The molecule has 0 aliphatic rings. The van der Waals surface area contributed by atoms with Gasteiger partial charge in [0.2, 0.25) is 3.79 Å². The number of hydrogen-bond acceptors (Lipinski definition) is 3. The summed E-state index contributed by atoms with van der Waals surface area (Å²) in [5.74, 6) is 0.311. The Labute approximate surface area is 191 Å². The SMILES string of the molecule is COc1ccc(NC(=S)N[C@@H](NC(=O)c2ccc(I)cc2)C(Cl)(Cl)Cl)cc1. The molecule has 0 fully saturated rings. The van der Waals surface area contributed by atoms with Crippen molar-refractivity contribution in [1.82, 2.24) is 10.6 Å². The van der Waals surface area contributed by atoms with Gasteiger partial charge in [-0.1, -0.05) is 34.8 Å². The molecule has 5 nitrogen and oxygen atoms in total. The second-order valence-electron chi connectivity index (χ2n) is 5.28. The normalized spacial score (nSPS) is 12.0. The first-order valence-electron chi connectivity index (χ1n) is 7.54. The number of rotatable bonds is 5. The molecule has 0 saturated heterocycles. The zero-order chi connectivity index (χ0) is 20.0. The van der Waals surface area contributed by atoms with Gasteiger partial charge in [-0.2, -0.15) is 0 Å². The molecule has 0 bridgehead atoms. The van der Waals surface area contributed by atoms with Gasteiger partial charge in [0, 0.05) is 14.8 Å². The van der Waals surface area contributed by atoms with Crippen LogP contribution in [0.2, 0.25) is 0 Å². The van der Waals surface area contributed by atoms with E-state index < -0.39 is 15.9 Å². The van der Waals surface area contributed by atoms with Crippen molar-refractivity contribution in [2.75, 3.05) is 12.4 Å². The number of thiocarbonyl (C=S) groups is 1. The number of halogens is 4. The highest BCUT2D eigenvalue weighted by atomic mass is 127. The molecule has 1 atom stereocenters. The molecule has 2 aromatic carbocycles. The molecule has 0 spiro atoms. The first kappa shape index (κ1) is 22.3. The third kappa shape index (κ3) is 7.15. The van der Waals surface area contributed by atoms with Gasteiger partial charge in [-0.05, 0) is 83.3 Å². The van der Waals surface area contributed by atoms with E-state index in [9.17, 15) is 4.79 Å². The summed E-state index contributed by atoms with van der Waals surface area (Å²) in [5, 5.41) is 8.57. The van der Waals surface area contributed by atoms with E-state index >= 15 is 0 Å². The first-order chi connectivity index (χ1) is 12.7. The van der Waals surface area contributed by atoms with Gasteiger partial charge in [-0.3, -0.25) is 4.79 Å². The average Bonchev–Trinajstić information content (AvgIpc) is 2.61. The molecule has 27 heavy (non-hydrogen) atoms. The summed E-state index contributed by atoms with van der Waals surface area (Å²) in [6.45, 7) is 0. The molecule has 2 aromatic rings. The fourth-order valence-corrected chi connectivity index (χ4v) is 2.91. The van der Waals surface area contributed by atoms with Crippen LogP contribution in [-0.4, -0.2) is 28.1 Å². The fraction of sp³-hybridized carbons (Fsp3) is 0.176. The van der Waals surface area contributed by atoms with Gasteiger partial charge in [0.1, 0.15) is 11.9 Å². The van der Waals surface area contributed by atoms with Crippen LogP contribution in [0.15, 0.2) is 48.5 Å². The lowest BCUT2D eigenvalue weighted by atomic mass is 10.2. The topological polar surface area (TPSA) is 62.4 Å². The van der Waals surface area contributed by atoms with Gasteiger partial charge in [0.25, 0.3) is 5.91 Å². The van der Waals surface area contributed by atoms with Crippen molar-refractivity contribution in [2.45, 2.75) is 9.96 Å². The summed E-state index contributed by atoms with van der Waals surface area (Å²) >= 11 is 25.4. The number of amides is 1. The molecule has 0 radical (unpaired) electrons. The number of ether oxygens (including phenoxy) is 1. The average molecular weight is 559 g/mol. The van der Waals surface area contributed by atoms with E-state index in [-0.39, 0.29) is 5.11 Å². The van der Waals surface area contributed by atoms with Gasteiger partial charge in [-0.25, -0.2) is 0 Å². The zero-order valence-corrected chi connectivity index (χ0v) is 19.2. The van der Waals surface area contributed by atoms with Crippen molar-refractivity contribution >= 4 is 86.3 Å². The lowest BCUT2D eigenvalue weighted by Gasteiger charge is -2.27. The van der Waals surface area contributed by atoms with E-state index in [1.807, 2.05) is 12.1 Å². The number of methoxy groups -OCH3 is 1. The molecule has 10 heteroatoms. The quantitative estimate of drug-likeness (QED) is 0.215. The van der Waals surface area contributed by atoms with Gasteiger partial charge in [-0.15, -0.1) is 0 Å². The van der Waals surface area contributed by atoms with Crippen molar-refractivity contribution < 1.29 is 9.53 Å². The molecule has 1 amide bonds. The predicted octanol–water partition coefficient (Wildman–Crippen LogP) is 4.71. The molecule has 0 aliphatic carbocycles. The van der Waals surface area contributed by atoms with E-state index in [1.165, 1.54) is 0 Å². The zero-order valence-electron chi connectivity index (χ0n) is 13.9. The molecule has 0 aliphatic heterocycles. The van der Waals surface area contributed by atoms with Crippen LogP contribution in [-0.2, 0) is 0 Å². The fourth-order valence-electron chi connectivity index (χ4n) is 1.99. The van der Waals surface area contributed by atoms with E-state index in [1.54, 1.807) is 43.5 Å². The Morgan fingerprint density at radius 2 is 1.67 bits per heavy atom. The molecule has 0 unspecified atom stereocenters. The van der Waals surface area contributed by atoms with E-state index in [2.05, 4.69) is 38.5 Å². The molecular formula is C17H15Cl3IN3O2S. The van der Waals surface area contributed by atoms with E-state index in [0.717, 1.165) is 3.57 Å². The number of anilines is 1. The van der Waals surface area contributed by atoms with Gasteiger partial charge in [0.05, 0.1) is 7.11 Å². The minimum absolute atomic E-state index is 0.180. The maximum absolute atomic E-state index is 12.4. The van der Waals surface area contributed by atoms with Crippen molar-refractivity contribution in [3.63, 3.8) is 0 Å². The first-order valence-corrected chi connectivity index (χ1v) is 10.2. The molecule has 0 heterocycles. The van der Waals surface area contributed by atoms with Crippen molar-refractivity contribution in [3.05, 3.63) is 57.7 Å². The summed E-state index contributed by atoms with van der Waals surface area (Å²) in [7, 11) is 1.58. The Morgan fingerprint density at radius 1 is 1.07 bits per heavy atom. The van der Waals surface area contributed by atoms with Gasteiger partial charge in [0.15, 0.2) is 5.11 Å². The number of nitrogens with one attached hydrogen (secondary N) is 3. The summed E-state index contributed by atoms with van der Waals surface area (Å²) < 4.78 is 4.28. The summed E-state index contributed by atoms with van der Waals surface area (Å²) in [6.07, 6.45) is -1.05. The van der Waals surface area contributed by atoms with Crippen LogP contribution >= 0.6 is 69.6 Å². The monoisotopic (exact) mass is 557 g/mol. The molecule has 2 rings (SSSR count). The Balaban J connectivity index is 2.03. The third-order valence-corrected chi connectivity index (χ3v) is 4.93. The number of hydrogen-bond donors (Lipinski definition) is 3. The van der Waals surface area contributed by atoms with Crippen LogP contribution in [0.25, 0.3) is 0 Å². The standard InChI is InChI=1S/C17H15Cl3IN3O2S/c1-26-13-8-6-12(7-9-13)22-16(27)24-15(17(18,19)20)23-14(25)10-2-4-11(21)5-3-10/h2-9,15H,1H3,(H,23,25)(H2,22,24,27)/t15-/m1/s1. The smallest absolute Gasteiger partial charge is 0.252 e. The minimum Gasteiger partial charge on any atom is -0.497 e. The van der Waals surface area contributed by atoms with E-state index in [4.69, 9.17) is 51.8 Å². The van der Waals surface area contributed by atoms with Gasteiger partial charge < -0.3 is 20.7 Å². The number of carbonyl (C=O) groups excluding carboxylic acids is 1. The van der Waals surface area contributed by atoms with Crippen LogP contribution in [0, 0.1) is 3.57 Å². The lowest BCUT2D eigenvalue weighted by Crippen LogP contribution is -2.56. The van der Waals surface area contributed by atoms with Crippen LogP contribution in [0.5, 0.6) is 5.75 Å². The Hall–Kier alpha value is -1.000. The maximum atomic E-state index is 12.4. The second kappa shape index (κ2) is 9.97.